The molecule has 0 saturated carbocycles. The van der Waals surface area contributed by atoms with Gasteiger partial charge >= 0.3 is 0 Å². The molecule has 1 heterocycles. The molecule has 4 nitrogen and oxygen atoms in total. The maximum absolute atomic E-state index is 6.16. The lowest BCUT2D eigenvalue weighted by Crippen LogP contribution is -2.13. The largest absolute Gasteiger partial charge is 0.491 e. The summed E-state index contributed by atoms with van der Waals surface area (Å²) < 4.78 is 5.86. The SMILES string of the molecule is CCCCCc1ccc(OCCNc2ncnc(C)c2Cl)c(C)c1.Cl. The molecule has 0 amide bonds. The minimum absolute atomic E-state index is 0. The second-order valence-corrected chi connectivity index (χ2v) is 6.33. The number of nitrogens with one attached hydrogen (secondary N) is 1. The minimum atomic E-state index is 0. The molecule has 0 aliphatic heterocycles. The van der Waals surface area contributed by atoms with Crippen LogP contribution in [0, 0.1) is 13.8 Å². The van der Waals surface area contributed by atoms with Crippen LogP contribution in [0.3, 0.4) is 0 Å². The van der Waals surface area contributed by atoms with Crippen LogP contribution in [0.1, 0.15) is 43.0 Å². The maximum Gasteiger partial charge on any atom is 0.148 e. The Morgan fingerprint density at radius 2 is 1.96 bits per heavy atom. The summed E-state index contributed by atoms with van der Waals surface area (Å²) in [6, 6.07) is 6.46. The fourth-order valence-corrected chi connectivity index (χ4v) is 2.68. The van der Waals surface area contributed by atoms with E-state index < -0.39 is 0 Å². The third-order valence-corrected chi connectivity index (χ3v) is 4.38. The van der Waals surface area contributed by atoms with Crippen molar-refractivity contribution in [2.75, 3.05) is 18.5 Å². The van der Waals surface area contributed by atoms with Gasteiger partial charge in [-0.3, -0.25) is 0 Å². The Balaban J connectivity index is 0.00000312. The third kappa shape index (κ3) is 6.71. The molecule has 0 fully saturated rings. The molecule has 138 valence electrons. The van der Waals surface area contributed by atoms with E-state index in [9.17, 15) is 0 Å². The number of halogens is 2. The van der Waals surface area contributed by atoms with Crippen molar-refractivity contribution >= 4 is 29.8 Å². The first-order chi connectivity index (χ1) is 11.6. The second-order valence-electron chi connectivity index (χ2n) is 5.95. The van der Waals surface area contributed by atoms with Gasteiger partial charge in [-0.05, 0) is 43.9 Å². The standard InChI is InChI=1S/C19H26ClN3O.ClH/c1-4-5-6-7-16-8-9-17(14(2)12-16)24-11-10-21-19-18(20)15(3)22-13-23-19;/h8-9,12-13H,4-7,10-11H2,1-3H3,(H,21,22,23);1H. The minimum Gasteiger partial charge on any atom is -0.491 e. The molecule has 0 bridgehead atoms. The van der Waals surface area contributed by atoms with E-state index in [4.69, 9.17) is 16.3 Å². The molecule has 1 aromatic carbocycles. The zero-order valence-electron chi connectivity index (χ0n) is 15.1. The number of aromatic nitrogens is 2. The zero-order valence-corrected chi connectivity index (χ0v) is 16.7. The summed E-state index contributed by atoms with van der Waals surface area (Å²) in [7, 11) is 0. The van der Waals surface area contributed by atoms with Gasteiger partial charge in [0.15, 0.2) is 0 Å². The number of anilines is 1. The van der Waals surface area contributed by atoms with E-state index in [1.165, 1.54) is 36.7 Å². The van der Waals surface area contributed by atoms with Crippen LogP contribution in [0.5, 0.6) is 5.75 Å². The van der Waals surface area contributed by atoms with Crippen LogP contribution in [0.15, 0.2) is 24.5 Å². The molecule has 1 N–H and O–H groups in total. The van der Waals surface area contributed by atoms with Gasteiger partial charge in [-0.15, -0.1) is 12.4 Å². The highest BCUT2D eigenvalue weighted by molar-refractivity contribution is 6.33. The lowest BCUT2D eigenvalue weighted by molar-refractivity contribution is 0.330. The predicted molar refractivity (Wildman–Crippen MR) is 107 cm³/mol. The average Bonchev–Trinajstić information content (AvgIpc) is 2.57. The molecule has 0 atom stereocenters. The van der Waals surface area contributed by atoms with Crippen molar-refractivity contribution in [2.45, 2.75) is 46.5 Å². The average molecular weight is 384 g/mol. The first-order valence-corrected chi connectivity index (χ1v) is 8.93. The summed E-state index contributed by atoms with van der Waals surface area (Å²) in [5, 5.41) is 3.74. The van der Waals surface area contributed by atoms with Crippen LogP contribution in [-0.2, 0) is 6.42 Å². The fourth-order valence-electron chi connectivity index (χ4n) is 2.52. The summed E-state index contributed by atoms with van der Waals surface area (Å²) in [6.45, 7) is 7.36. The van der Waals surface area contributed by atoms with Crippen LogP contribution in [0.2, 0.25) is 5.02 Å². The van der Waals surface area contributed by atoms with E-state index >= 15 is 0 Å². The molecular formula is C19H27Cl2N3O. The smallest absolute Gasteiger partial charge is 0.148 e. The first-order valence-electron chi connectivity index (χ1n) is 8.55. The topological polar surface area (TPSA) is 47.0 Å². The van der Waals surface area contributed by atoms with Crippen molar-refractivity contribution in [3.63, 3.8) is 0 Å². The van der Waals surface area contributed by atoms with Crippen molar-refractivity contribution < 1.29 is 4.74 Å². The summed E-state index contributed by atoms with van der Waals surface area (Å²) >= 11 is 6.16. The Morgan fingerprint density at radius 3 is 2.68 bits per heavy atom. The molecule has 0 spiro atoms. The summed E-state index contributed by atoms with van der Waals surface area (Å²) in [5.41, 5.74) is 3.33. The highest BCUT2D eigenvalue weighted by Gasteiger charge is 2.05. The van der Waals surface area contributed by atoms with E-state index in [-0.39, 0.29) is 12.4 Å². The fraction of sp³-hybridized carbons (Fsp3) is 0.474. The molecule has 0 saturated heterocycles. The molecule has 6 heteroatoms. The van der Waals surface area contributed by atoms with Gasteiger partial charge < -0.3 is 10.1 Å². The molecule has 2 rings (SSSR count). The van der Waals surface area contributed by atoms with E-state index in [0.29, 0.717) is 24.0 Å². The number of unbranched alkanes of at least 4 members (excludes halogenated alkanes) is 2. The van der Waals surface area contributed by atoms with Gasteiger partial charge in [-0.1, -0.05) is 43.5 Å². The van der Waals surface area contributed by atoms with Crippen molar-refractivity contribution in [1.82, 2.24) is 9.97 Å². The Bertz CT molecular complexity index is 665. The van der Waals surface area contributed by atoms with E-state index in [2.05, 4.69) is 47.3 Å². The Morgan fingerprint density at radius 1 is 1.16 bits per heavy atom. The number of hydrogen-bond acceptors (Lipinski definition) is 4. The van der Waals surface area contributed by atoms with Gasteiger partial charge in [0.05, 0.1) is 12.2 Å². The van der Waals surface area contributed by atoms with Crippen LogP contribution in [0.4, 0.5) is 5.82 Å². The number of benzene rings is 1. The normalized spacial score (nSPS) is 10.2. The third-order valence-electron chi connectivity index (χ3n) is 3.92. The Hall–Kier alpha value is -1.52. The zero-order chi connectivity index (χ0) is 17.4. The number of rotatable bonds is 9. The van der Waals surface area contributed by atoms with Crippen LogP contribution >= 0.6 is 24.0 Å². The van der Waals surface area contributed by atoms with Gasteiger partial charge in [0.2, 0.25) is 0 Å². The van der Waals surface area contributed by atoms with E-state index in [1.807, 2.05) is 6.92 Å². The van der Waals surface area contributed by atoms with Crippen molar-refractivity contribution in [3.8, 4) is 5.75 Å². The number of aryl methyl sites for hydroxylation is 3. The Kier molecular flexibility index (Phi) is 9.61. The number of hydrogen-bond donors (Lipinski definition) is 1. The van der Waals surface area contributed by atoms with Gasteiger partial charge in [0.25, 0.3) is 0 Å². The van der Waals surface area contributed by atoms with Crippen LogP contribution < -0.4 is 10.1 Å². The van der Waals surface area contributed by atoms with Gasteiger partial charge in [0.1, 0.15) is 29.5 Å². The number of nitrogens with zero attached hydrogens (tertiary/aromatic N) is 2. The second kappa shape index (κ2) is 11.2. The van der Waals surface area contributed by atoms with E-state index in [1.54, 1.807) is 0 Å². The van der Waals surface area contributed by atoms with Crippen molar-refractivity contribution in [2.24, 2.45) is 0 Å². The van der Waals surface area contributed by atoms with Gasteiger partial charge in [0, 0.05) is 0 Å². The lowest BCUT2D eigenvalue weighted by Gasteiger charge is -2.12. The van der Waals surface area contributed by atoms with Crippen LogP contribution in [0.25, 0.3) is 0 Å². The highest BCUT2D eigenvalue weighted by Crippen LogP contribution is 2.22. The van der Waals surface area contributed by atoms with Crippen molar-refractivity contribution in [3.05, 3.63) is 46.4 Å². The number of ether oxygens (including phenoxy) is 1. The molecular weight excluding hydrogens is 357 g/mol. The van der Waals surface area contributed by atoms with Gasteiger partial charge in [-0.25, -0.2) is 9.97 Å². The monoisotopic (exact) mass is 383 g/mol. The molecule has 0 unspecified atom stereocenters. The first kappa shape index (κ1) is 21.5. The molecule has 0 aliphatic carbocycles. The van der Waals surface area contributed by atoms with Crippen molar-refractivity contribution in [1.29, 1.82) is 0 Å². The molecule has 0 aliphatic rings. The summed E-state index contributed by atoms with van der Waals surface area (Å²) in [6.07, 6.45) is 6.43. The Labute approximate surface area is 161 Å². The highest BCUT2D eigenvalue weighted by atomic mass is 35.5. The van der Waals surface area contributed by atoms with Gasteiger partial charge in [-0.2, -0.15) is 0 Å². The quantitative estimate of drug-likeness (QED) is 0.589. The maximum atomic E-state index is 6.16. The molecule has 1 aromatic heterocycles. The summed E-state index contributed by atoms with van der Waals surface area (Å²) in [5.74, 6) is 1.58. The predicted octanol–water partition coefficient (Wildman–Crippen LogP) is 5.39. The molecule has 2 aromatic rings. The van der Waals surface area contributed by atoms with Crippen LogP contribution in [-0.4, -0.2) is 23.1 Å². The molecule has 25 heavy (non-hydrogen) atoms. The van der Waals surface area contributed by atoms with E-state index in [0.717, 1.165) is 17.9 Å². The molecule has 0 radical (unpaired) electrons. The summed E-state index contributed by atoms with van der Waals surface area (Å²) in [4.78, 5) is 8.19. The lowest BCUT2D eigenvalue weighted by atomic mass is 10.0.